The van der Waals surface area contributed by atoms with E-state index in [2.05, 4.69) is 5.32 Å². The van der Waals surface area contributed by atoms with E-state index >= 15 is 0 Å². The first-order valence-electron chi connectivity index (χ1n) is 11.2. The van der Waals surface area contributed by atoms with Gasteiger partial charge in [0.05, 0.1) is 26.0 Å². The van der Waals surface area contributed by atoms with E-state index in [4.69, 9.17) is 14.6 Å². The number of carbonyl (C=O) groups is 2. The number of amides is 3. The maximum absolute atomic E-state index is 13.4. The molecule has 1 aliphatic heterocycles. The lowest BCUT2D eigenvalue weighted by atomic mass is 9.97. The van der Waals surface area contributed by atoms with Crippen molar-refractivity contribution >= 4 is 17.6 Å². The molecule has 1 N–H and O–H groups in total. The zero-order valence-electron chi connectivity index (χ0n) is 21.0. The van der Waals surface area contributed by atoms with Crippen LogP contribution in [-0.2, 0) is 4.79 Å². The fourth-order valence-corrected chi connectivity index (χ4v) is 3.75. The molecule has 8 heteroatoms. The summed E-state index contributed by atoms with van der Waals surface area (Å²) < 4.78 is 10.9. The molecule has 8 nitrogen and oxygen atoms in total. The summed E-state index contributed by atoms with van der Waals surface area (Å²) >= 11 is 0. The van der Waals surface area contributed by atoms with Crippen molar-refractivity contribution in [3.05, 3.63) is 59.2 Å². The molecule has 182 valence electrons. The fraction of sp³-hybridized carbons (Fsp3) is 0.423. The monoisotopic (exact) mass is 466 g/mol. The van der Waals surface area contributed by atoms with Gasteiger partial charge in [-0.1, -0.05) is 29.8 Å². The van der Waals surface area contributed by atoms with Crippen molar-refractivity contribution < 1.29 is 19.1 Å². The molecule has 1 unspecified atom stereocenters. The molecule has 0 radical (unpaired) electrons. The van der Waals surface area contributed by atoms with E-state index in [0.717, 1.165) is 22.4 Å². The Bertz CT molecular complexity index is 1070. The molecular weight excluding hydrogens is 432 g/mol. The molecule has 3 rings (SSSR count). The molecule has 2 aromatic rings. The highest BCUT2D eigenvalue weighted by atomic mass is 16.5. The van der Waals surface area contributed by atoms with E-state index in [0.29, 0.717) is 17.9 Å². The molecule has 0 aliphatic carbocycles. The standard InChI is InChI=1S/C26H34N4O4/c1-17-8-10-18(11-9-17)22-15-21(20-13-12-19(33-6)14-23(20)34-7)28-30(22)24(31)16-29(5)25(32)27-26(2,3)4/h8-14,22H,15-16H2,1-7H3,(H,27,32). The molecule has 0 saturated heterocycles. The van der Waals surface area contributed by atoms with Gasteiger partial charge in [-0.15, -0.1) is 0 Å². The van der Waals surface area contributed by atoms with Gasteiger partial charge in [-0.3, -0.25) is 4.79 Å². The minimum Gasteiger partial charge on any atom is -0.497 e. The summed E-state index contributed by atoms with van der Waals surface area (Å²) in [6.45, 7) is 7.61. The first-order valence-corrected chi connectivity index (χ1v) is 11.2. The number of likely N-dealkylation sites (N-methyl/N-ethyl adjacent to an activating group) is 1. The van der Waals surface area contributed by atoms with Crippen LogP contribution in [0, 0.1) is 6.92 Å². The average Bonchev–Trinajstić information content (AvgIpc) is 3.23. The number of rotatable bonds is 6. The number of benzene rings is 2. The number of ether oxygens (including phenoxy) is 2. The van der Waals surface area contributed by atoms with Gasteiger partial charge >= 0.3 is 6.03 Å². The number of urea groups is 1. The number of hydrogen-bond donors (Lipinski definition) is 1. The second kappa shape index (κ2) is 10.2. The molecule has 0 spiro atoms. The van der Waals surface area contributed by atoms with E-state index in [1.54, 1.807) is 27.3 Å². The SMILES string of the molecule is COc1ccc(C2=NN(C(=O)CN(C)C(=O)NC(C)(C)C)C(c3ccc(C)cc3)C2)c(OC)c1. The Kier molecular flexibility index (Phi) is 7.49. The maximum Gasteiger partial charge on any atom is 0.318 e. The lowest BCUT2D eigenvalue weighted by Crippen LogP contribution is -2.49. The predicted molar refractivity (Wildman–Crippen MR) is 132 cm³/mol. The van der Waals surface area contributed by atoms with Crippen LogP contribution in [0.4, 0.5) is 4.79 Å². The van der Waals surface area contributed by atoms with Crippen LogP contribution in [-0.4, -0.2) is 60.9 Å². The van der Waals surface area contributed by atoms with Crippen molar-refractivity contribution in [1.82, 2.24) is 15.2 Å². The third-order valence-electron chi connectivity index (χ3n) is 5.55. The summed E-state index contributed by atoms with van der Waals surface area (Å²) in [5, 5.41) is 9.08. The highest BCUT2D eigenvalue weighted by Crippen LogP contribution is 2.36. The van der Waals surface area contributed by atoms with Gasteiger partial charge in [0.25, 0.3) is 5.91 Å². The van der Waals surface area contributed by atoms with Crippen molar-refractivity contribution in [2.24, 2.45) is 5.10 Å². The maximum atomic E-state index is 13.4. The van der Waals surface area contributed by atoms with Gasteiger partial charge < -0.3 is 19.7 Å². The van der Waals surface area contributed by atoms with Gasteiger partial charge in [-0.2, -0.15) is 5.10 Å². The third kappa shape index (κ3) is 5.87. The lowest BCUT2D eigenvalue weighted by molar-refractivity contribution is -0.133. The molecule has 1 aliphatic rings. The highest BCUT2D eigenvalue weighted by molar-refractivity contribution is 6.05. The summed E-state index contributed by atoms with van der Waals surface area (Å²) in [4.78, 5) is 27.2. The van der Waals surface area contributed by atoms with Gasteiger partial charge in [-0.25, -0.2) is 9.80 Å². The minimum atomic E-state index is -0.400. The molecule has 0 fully saturated rings. The van der Waals surface area contributed by atoms with E-state index < -0.39 is 5.54 Å². The normalized spacial score (nSPS) is 15.6. The van der Waals surface area contributed by atoms with Gasteiger partial charge in [0.2, 0.25) is 0 Å². The number of hydrazone groups is 1. The fourth-order valence-electron chi connectivity index (χ4n) is 3.75. The first kappa shape index (κ1) is 25.1. The Labute approximate surface area is 201 Å². The van der Waals surface area contributed by atoms with E-state index in [-0.39, 0.29) is 24.5 Å². The van der Waals surface area contributed by atoms with E-state index in [1.807, 2.05) is 64.1 Å². The Morgan fingerprint density at radius 2 is 1.79 bits per heavy atom. The summed E-state index contributed by atoms with van der Waals surface area (Å²) in [5.74, 6) is 1.03. The second-order valence-corrected chi connectivity index (χ2v) is 9.52. The third-order valence-corrected chi connectivity index (χ3v) is 5.55. The smallest absolute Gasteiger partial charge is 0.318 e. The molecule has 0 aromatic heterocycles. The molecule has 34 heavy (non-hydrogen) atoms. The van der Waals surface area contributed by atoms with Gasteiger partial charge in [0, 0.05) is 30.6 Å². The van der Waals surface area contributed by atoms with Crippen LogP contribution < -0.4 is 14.8 Å². The summed E-state index contributed by atoms with van der Waals surface area (Å²) in [6, 6.07) is 13.0. The molecule has 2 aromatic carbocycles. The molecule has 0 saturated carbocycles. The van der Waals surface area contributed by atoms with Gasteiger partial charge in [0.15, 0.2) is 0 Å². The average molecular weight is 467 g/mol. The Morgan fingerprint density at radius 1 is 1.12 bits per heavy atom. The van der Waals surface area contributed by atoms with Gasteiger partial charge in [-0.05, 0) is 45.4 Å². The Balaban J connectivity index is 1.91. The van der Waals surface area contributed by atoms with Gasteiger partial charge in [0.1, 0.15) is 18.0 Å². The largest absolute Gasteiger partial charge is 0.497 e. The topological polar surface area (TPSA) is 83.5 Å². The Morgan fingerprint density at radius 3 is 2.38 bits per heavy atom. The van der Waals surface area contributed by atoms with Crippen molar-refractivity contribution in [1.29, 1.82) is 0 Å². The van der Waals surface area contributed by atoms with Crippen LogP contribution in [0.15, 0.2) is 47.6 Å². The van der Waals surface area contributed by atoms with Crippen molar-refractivity contribution in [2.75, 3.05) is 27.8 Å². The zero-order valence-corrected chi connectivity index (χ0v) is 21.0. The van der Waals surface area contributed by atoms with Crippen LogP contribution in [0.3, 0.4) is 0 Å². The van der Waals surface area contributed by atoms with Crippen LogP contribution in [0.5, 0.6) is 11.5 Å². The molecule has 0 bridgehead atoms. The van der Waals surface area contributed by atoms with Crippen LogP contribution in [0.1, 0.15) is 49.9 Å². The number of aryl methyl sites for hydroxylation is 1. The van der Waals surface area contributed by atoms with Crippen LogP contribution in [0.2, 0.25) is 0 Å². The van der Waals surface area contributed by atoms with Crippen LogP contribution in [0.25, 0.3) is 0 Å². The number of nitrogens with zero attached hydrogens (tertiary/aromatic N) is 3. The summed E-state index contributed by atoms with van der Waals surface area (Å²) in [7, 11) is 4.80. The number of nitrogens with one attached hydrogen (secondary N) is 1. The number of hydrogen-bond acceptors (Lipinski definition) is 5. The molecular formula is C26H34N4O4. The van der Waals surface area contributed by atoms with Crippen molar-refractivity contribution in [3.63, 3.8) is 0 Å². The lowest BCUT2D eigenvalue weighted by Gasteiger charge is -2.28. The number of methoxy groups -OCH3 is 2. The highest BCUT2D eigenvalue weighted by Gasteiger charge is 2.35. The Hall–Kier alpha value is -3.55. The second-order valence-electron chi connectivity index (χ2n) is 9.52. The number of carbonyl (C=O) groups excluding carboxylic acids is 2. The van der Waals surface area contributed by atoms with E-state index in [9.17, 15) is 9.59 Å². The van der Waals surface area contributed by atoms with Crippen LogP contribution >= 0.6 is 0 Å². The van der Waals surface area contributed by atoms with E-state index in [1.165, 1.54) is 9.91 Å². The van der Waals surface area contributed by atoms with Crippen molar-refractivity contribution in [3.8, 4) is 11.5 Å². The predicted octanol–water partition coefficient (Wildman–Crippen LogP) is 4.13. The zero-order chi connectivity index (χ0) is 25.0. The molecule has 3 amide bonds. The molecule has 1 atom stereocenters. The van der Waals surface area contributed by atoms with Crippen molar-refractivity contribution in [2.45, 2.75) is 45.7 Å². The summed E-state index contributed by atoms with van der Waals surface area (Å²) in [5.41, 5.74) is 3.25. The minimum absolute atomic E-state index is 0.0964. The molecule has 1 heterocycles. The summed E-state index contributed by atoms with van der Waals surface area (Å²) in [6.07, 6.45) is 0.523. The first-order chi connectivity index (χ1) is 16.0. The quantitative estimate of drug-likeness (QED) is 0.694.